The molecule has 0 atom stereocenters. The average molecular weight is 252 g/mol. The van der Waals surface area contributed by atoms with E-state index < -0.39 is 5.91 Å². The van der Waals surface area contributed by atoms with E-state index in [0.29, 0.717) is 25.4 Å². The molecule has 3 N–H and O–H groups in total. The Hall–Kier alpha value is -1.86. The molecule has 7 heteroatoms. The number of carbonyl (C=O) groups excluding carboxylic acids is 2. The molecule has 1 aromatic rings. The van der Waals surface area contributed by atoms with Gasteiger partial charge in [0.2, 0.25) is 5.91 Å². The normalized spacial score (nSPS) is 17.0. The highest BCUT2D eigenvalue weighted by molar-refractivity contribution is 5.90. The second-order valence-electron chi connectivity index (χ2n) is 4.27. The van der Waals surface area contributed by atoms with E-state index in [0.717, 1.165) is 6.54 Å². The Morgan fingerprint density at radius 2 is 2.28 bits per heavy atom. The smallest absolute Gasteiger partial charge is 0.300 e. The summed E-state index contributed by atoms with van der Waals surface area (Å²) in [6.07, 6.45) is 0. The first-order chi connectivity index (χ1) is 8.60. The number of nitrogens with zero attached hydrogens (tertiary/aromatic N) is 2. The second-order valence-corrected chi connectivity index (χ2v) is 4.27. The average Bonchev–Trinajstić information content (AvgIpc) is 2.81. The molecule has 1 aliphatic rings. The third-order valence-corrected chi connectivity index (χ3v) is 2.93. The van der Waals surface area contributed by atoms with Crippen LogP contribution in [0.1, 0.15) is 16.3 Å². The lowest BCUT2D eigenvalue weighted by molar-refractivity contribution is -0.134. The Morgan fingerprint density at radius 1 is 1.50 bits per heavy atom. The van der Waals surface area contributed by atoms with Crippen molar-refractivity contribution in [2.45, 2.75) is 6.54 Å². The van der Waals surface area contributed by atoms with Crippen LogP contribution in [0.15, 0.2) is 16.5 Å². The summed E-state index contributed by atoms with van der Waals surface area (Å²) in [5, 5.41) is 0. The molecule has 0 aromatic carbocycles. The van der Waals surface area contributed by atoms with Crippen molar-refractivity contribution in [3.8, 4) is 0 Å². The molecule has 2 heterocycles. The van der Waals surface area contributed by atoms with Gasteiger partial charge in [-0.15, -0.1) is 0 Å². The fourth-order valence-corrected chi connectivity index (χ4v) is 1.82. The van der Waals surface area contributed by atoms with Crippen molar-refractivity contribution in [1.29, 1.82) is 0 Å². The minimum absolute atomic E-state index is 0.0905. The number of amides is 2. The molecule has 0 radical (unpaired) electrons. The summed E-state index contributed by atoms with van der Waals surface area (Å²) in [5.41, 5.74) is 2.00. The molecule has 0 unspecified atom stereocenters. The number of hydrogen-bond acceptors (Lipinski definition) is 5. The quantitative estimate of drug-likeness (QED) is 0.415. The van der Waals surface area contributed by atoms with Gasteiger partial charge in [-0.1, -0.05) is 0 Å². The van der Waals surface area contributed by atoms with Crippen LogP contribution < -0.4 is 11.3 Å². The van der Waals surface area contributed by atoms with E-state index in [4.69, 9.17) is 10.3 Å². The molecule has 7 nitrogen and oxygen atoms in total. The number of nitrogen functional groups attached to an aromatic ring is 1. The fourth-order valence-electron chi connectivity index (χ4n) is 1.82. The molecular weight excluding hydrogens is 236 g/mol. The number of rotatable bonds is 3. The number of hydrazine groups is 1. The topological polar surface area (TPSA) is 91.8 Å². The van der Waals surface area contributed by atoms with Crippen LogP contribution in [0.25, 0.3) is 0 Å². The number of furan rings is 1. The summed E-state index contributed by atoms with van der Waals surface area (Å²) in [6.45, 7) is 2.38. The minimum Gasteiger partial charge on any atom is -0.455 e. The molecule has 18 heavy (non-hydrogen) atoms. The number of piperazine rings is 1. The van der Waals surface area contributed by atoms with E-state index in [1.54, 1.807) is 24.1 Å². The first kappa shape index (κ1) is 12.6. The van der Waals surface area contributed by atoms with Gasteiger partial charge in [0.15, 0.2) is 5.76 Å². The zero-order valence-electron chi connectivity index (χ0n) is 10.2. The number of likely N-dealkylation sites (N-methyl/N-ethyl adjacent to an activating group) is 1. The van der Waals surface area contributed by atoms with Gasteiger partial charge in [0.1, 0.15) is 5.76 Å². The van der Waals surface area contributed by atoms with E-state index in [1.807, 2.05) is 10.3 Å². The molecule has 1 saturated heterocycles. The van der Waals surface area contributed by atoms with Crippen LogP contribution in [0.3, 0.4) is 0 Å². The van der Waals surface area contributed by atoms with Crippen LogP contribution in [0, 0.1) is 0 Å². The predicted molar refractivity (Wildman–Crippen MR) is 63.3 cm³/mol. The van der Waals surface area contributed by atoms with Crippen LogP contribution in [-0.4, -0.2) is 48.3 Å². The maximum absolute atomic E-state index is 11.5. The van der Waals surface area contributed by atoms with Crippen molar-refractivity contribution in [3.05, 3.63) is 23.7 Å². The number of nitrogens with one attached hydrogen (secondary N) is 1. The summed E-state index contributed by atoms with van der Waals surface area (Å²) in [7, 11) is 1.79. The third kappa shape index (κ3) is 2.69. The molecule has 1 fully saturated rings. The van der Waals surface area contributed by atoms with Gasteiger partial charge in [-0.25, -0.2) is 5.84 Å². The number of nitrogens with two attached hydrogens (primary N) is 1. The Morgan fingerprint density at radius 3 is 2.94 bits per heavy atom. The Balaban J connectivity index is 1.95. The summed E-state index contributed by atoms with van der Waals surface area (Å²) in [4.78, 5) is 26.4. The Kier molecular flexibility index (Phi) is 3.63. The van der Waals surface area contributed by atoms with Crippen molar-refractivity contribution in [1.82, 2.24) is 15.2 Å². The van der Waals surface area contributed by atoms with E-state index in [9.17, 15) is 9.59 Å². The van der Waals surface area contributed by atoms with Crippen molar-refractivity contribution >= 4 is 11.8 Å². The highest BCUT2D eigenvalue weighted by Gasteiger charge is 2.22. The Labute approximate surface area is 104 Å². The van der Waals surface area contributed by atoms with E-state index in [1.165, 1.54) is 0 Å². The molecular formula is C11H16N4O3. The summed E-state index contributed by atoms with van der Waals surface area (Å²) < 4.78 is 5.34. The van der Waals surface area contributed by atoms with Crippen LogP contribution >= 0.6 is 0 Å². The van der Waals surface area contributed by atoms with Crippen molar-refractivity contribution in [3.63, 3.8) is 0 Å². The standard InChI is InChI=1S/C11H16N4O3/c1-14-4-5-15(7-10(14)16)6-8-2-3-9(18-8)11(17)13-12/h2-3H,4-7,12H2,1H3,(H,13,17). The lowest BCUT2D eigenvalue weighted by Crippen LogP contribution is -2.47. The van der Waals surface area contributed by atoms with E-state index in [-0.39, 0.29) is 11.7 Å². The van der Waals surface area contributed by atoms with Crippen LogP contribution in [0.2, 0.25) is 0 Å². The maximum Gasteiger partial charge on any atom is 0.300 e. The molecule has 1 aliphatic heterocycles. The fraction of sp³-hybridized carbons (Fsp3) is 0.455. The van der Waals surface area contributed by atoms with Gasteiger partial charge in [0, 0.05) is 20.1 Å². The molecule has 0 aliphatic carbocycles. The van der Waals surface area contributed by atoms with Gasteiger partial charge < -0.3 is 9.32 Å². The van der Waals surface area contributed by atoms with Crippen LogP contribution in [0.5, 0.6) is 0 Å². The molecule has 0 spiro atoms. The van der Waals surface area contributed by atoms with Crippen molar-refractivity contribution in [2.24, 2.45) is 5.84 Å². The molecule has 0 bridgehead atoms. The van der Waals surface area contributed by atoms with Crippen LogP contribution in [0.4, 0.5) is 0 Å². The SMILES string of the molecule is CN1CCN(Cc2ccc(C(=O)NN)o2)CC1=O. The predicted octanol–water partition coefficient (Wildman–Crippen LogP) is -0.843. The largest absolute Gasteiger partial charge is 0.455 e. The zero-order valence-corrected chi connectivity index (χ0v) is 10.2. The van der Waals surface area contributed by atoms with Crippen molar-refractivity contribution in [2.75, 3.05) is 26.7 Å². The van der Waals surface area contributed by atoms with Gasteiger partial charge in [-0.3, -0.25) is 19.9 Å². The number of carbonyl (C=O) groups is 2. The van der Waals surface area contributed by atoms with Crippen molar-refractivity contribution < 1.29 is 14.0 Å². The maximum atomic E-state index is 11.5. The van der Waals surface area contributed by atoms with Gasteiger partial charge in [-0.05, 0) is 12.1 Å². The minimum atomic E-state index is -0.462. The lowest BCUT2D eigenvalue weighted by atomic mass is 10.3. The highest BCUT2D eigenvalue weighted by atomic mass is 16.4. The van der Waals surface area contributed by atoms with Gasteiger partial charge in [0.05, 0.1) is 13.1 Å². The first-order valence-electron chi connectivity index (χ1n) is 5.66. The first-order valence-corrected chi connectivity index (χ1v) is 5.66. The van der Waals surface area contributed by atoms with Gasteiger partial charge in [0.25, 0.3) is 0 Å². The zero-order chi connectivity index (χ0) is 13.1. The summed E-state index contributed by atoms with van der Waals surface area (Å²) >= 11 is 0. The lowest BCUT2D eigenvalue weighted by Gasteiger charge is -2.31. The number of hydrogen-bond donors (Lipinski definition) is 2. The van der Waals surface area contributed by atoms with E-state index >= 15 is 0 Å². The molecule has 98 valence electrons. The molecule has 2 rings (SSSR count). The third-order valence-electron chi connectivity index (χ3n) is 2.93. The Bertz CT molecular complexity index is 457. The van der Waals surface area contributed by atoms with Crippen LogP contribution in [-0.2, 0) is 11.3 Å². The summed E-state index contributed by atoms with van der Waals surface area (Å²) in [6, 6.07) is 3.28. The molecule has 2 amide bonds. The van der Waals surface area contributed by atoms with Gasteiger partial charge in [-0.2, -0.15) is 0 Å². The van der Waals surface area contributed by atoms with Gasteiger partial charge >= 0.3 is 5.91 Å². The molecule has 0 saturated carbocycles. The van der Waals surface area contributed by atoms with E-state index in [2.05, 4.69) is 0 Å². The molecule has 1 aromatic heterocycles. The summed E-state index contributed by atoms with van der Waals surface area (Å²) in [5.74, 6) is 5.46. The second kappa shape index (κ2) is 5.19. The highest BCUT2D eigenvalue weighted by Crippen LogP contribution is 2.12. The monoisotopic (exact) mass is 252 g/mol.